The molecule has 0 saturated carbocycles. The lowest BCUT2D eigenvalue weighted by atomic mass is 10.0. The van der Waals surface area contributed by atoms with Crippen LogP contribution in [0.5, 0.6) is 0 Å². The van der Waals surface area contributed by atoms with E-state index < -0.39 is 24.2 Å². The number of nitrogens with zero attached hydrogens (tertiary/aromatic N) is 3. The number of pyridine rings is 2. The molecule has 10 heteroatoms. The number of aromatic carboxylic acids is 1. The molecular weight excluding hydrogens is 389 g/mol. The third-order valence-electron chi connectivity index (χ3n) is 4.61. The molecule has 0 atom stereocenters. The number of aromatic amines is 1. The Balaban J connectivity index is 2.01. The van der Waals surface area contributed by atoms with Crippen molar-refractivity contribution in [3.63, 3.8) is 0 Å². The minimum atomic E-state index is -4.61. The van der Waals surface area contributed by atoms with E-state index in [1.807, 2.05) is 0 Å². The number of rotatable bonds is 3. The number of alkyl halides is 3. The summed E-state index contributed by atoms with van der Waals surface area (Å²) in [6.07, 6.45) is -3.42. The number of halogens is 3. The number of hydrogen-bond acceptors (Lipinski definition) is 4. The first-order valence-electron chi connectivity index (χ1n) is 8.43. The van der Waals surface area contributed by atoms with Crippen LogP contribution in [0.3, 0.4) is 0 Å². The van der Waals surface area contributed by atoms with E-state index in [2.05, 4.69) is 15.2 Å². The molecule has 2 N–H and O–H groups in total. The van der Waals surface area contributed by atoms with Gasteiger partial charge in [0.25, 0.3) is 5.56 Å². The summed E-state index contributed by atoms with van der Waals surface area (Å²) in [6.45, 7) is 0.130. The molecule has 3 heterocycles. The number of benzene rings is 1. The van der Waals surface area contributed by atoms with Gasteiger partial charge < -0.3 is 5.11 Å². The predicted octanol–water partition coefficient (Wildman–Crippen LogP) is 3.51. The van der Waals surface area contributed by atoms with Gasteiger partial charge >= 0.3 is 12.1 Å². The molecule has 29 heavy (non-hydrogen) atoms. The van der Waals surface area contributed by atoms with Crippen molar-refractivity contribution in [3.8, 4) is 11.3 Å². The van der Waals surface area contributed by atoms with E-state index in [1.165, 1.54) is 12.3 Å². The van der Waals surface area contributed by atoms with Crippen molar-refractivity contribution < 1.29 is 23.1 Å². The molecule has 148 valence electrons. The Morgan fingerprint density at radius 1 is 1.21 bits per heavy atom. The molecule has 0 fully saturated rings. The molecule has 3 aromatic heterocycles. The van der Waals surface area contributed by atoms with Gasteiger partial charge in [-0.05, 0) is 24.6 Å². The van der Waals surface area contributed by atoms with Gasteiger partial charge in [0.05, 0.1) is 28.3 Å². The maximum Gasteiger partial charge on any atom is 0.406 e. The number of fused-ring (bicyclic) bond motifs is 3. The third-order valence-corrected chi connectivity index (χ3v) is 4.61. The average Bonchev–Trinajstić information content (AvgIpc) is 3.14. The van der Waals surface area contributed by atoms with Crippen LogP contribution in [-0.2, 0) is 6.54 Å². The summed E-state index contributed by atoms with van der Waals surface area (Å²) in [7, 11) is 0. The van der Waals surface area contributed by atoms with Crippen molar-refractivity contribution in [2.45, 2.75) is 19.6 Å². The van der Waals surface area contributed by atoms with Crippen LogP contribution in [0.25, 0.3) is 33.1 Å². The standard InChI is InChI=1S/C19H13F3N4O3/c1-9-2-5-13(24-15(9)18(28)29)10-3-4-11-14(6-10)26(8-19(20,21)22)17(27)12-7-23-25-16(11)12/h2-7H,8H2,1H3,(H,23,25)(H,28,29). The van der Waals surface area contributed by atoms with Crippen LogP contribution in [0.15, 0.2) is 41.3 Å². The Morgan fingerprint density at radius 2 is 1.97 bits per heavy atom. The monoisotopic (exact) mass is 402 g/mol. The summed E-state index contributed by atoms with van der Waals surface area (Å²) < 4.78 is 40.0. The lowest BCUT2D eigenvalue weighted by Gasteiger charge is -2.14. The van der Waals surface area contributed by atoms with E-state index in [0.717, 1.165) is 0 Å². The molecule has 4 rings (SSSR count). The highest BCUT2D eigenvalue weighted by Crippen LogP contribution is 2.29. The number of carbonyl (C=O) groups is 1. The number of carboxylic acids is 1. The fourth-order valence-corrected chi connectivity index (χ4v) is 3.28. The van der Waals surface area contributed by atoms with Crippen LogP contribution in [0, 0.1) is 6.92 Å². The SMILES string of the molecule is Cc1ccc(-c2ccc3c4[nH]ncc4c(=O)n(CC(F)(F)F)c3c2)nc1C(=O)O. The Bertz CT molecular complexity index is 1340. The summed E-state index contributed by atoms with van der Waals surface area (Å²) in [5.41, 5.74) is 0.506. The van der Waals surface area contributed by atoms with Crippen molar-refractivity contribution in [2.24, 2.45) is 0 Å². The highest BCUT2D eigenvalue weighted by atomic mass is 19.4. The maximum atomic E-state index is 13.1. The molecule has 0 aliphatic rings. The number of aromatic nitrogens is 4. The topological polar surface area (TPSA) is 101 Å². The Kier molecular flexibility index (Phi) is 4.14. The summed E-state index contributed by atoms with van der Waals surface area (Å²) in [6, 6.07) is 7.70. The number of H-pyrrole nitrogens is 1. The predicted molar refractivity (Wildman–Crippen MR) is 98.8 cm³/mol. The minimum Gasteiger partial charge on any atom is -0.477 e. The fourth-order valence-electron chi connectivity index (χ4n) is 3.28. The maximum absolute atomic E-state index is 13.1. The zero-order valence-corrected chi connectivity index (χ0v) is 14.9. The van der Waals surface area contributed by atoms with Gasteiger partial charge in [0, 0.05) is 10.9 Å². The van der Waals surface area contributed by atoms with E-state index in [0.29, 0.717) is 26.6 Å². The number of hydrogen-bond donors (Lipinski definition) is 2. The van der Waals surface area contributed by atoms with E-state index in [1.54, 1.807) is 31.2 Å². The van der Waals surface area contributed by atoms with Gasteiger partial charge in [-0.15, -0.1) is 0 Å². The average molecular weight is 402 g/mol. The minimum absolute atomic E-state index is 0.0424. The van der Waals surface area contributed by atoms with Crippen molar-refractivity contribution >= 4 is 27.8 Å². The van der Waals surface area contributed by atoms with Gasteiger partial charge in [0.1, 0.15) is 6.54 Å². The molecule has 0 aliphatic carbocycles. The first kappa shape index (κ1) is 18.7. The Labute approximate surface area is 160 Å². The molecule has 7 nitrogen and oxygen atoms in total. The Hall–Kier alpha value is -3.69. The molecule has 1 aromatic carbocycles. The molecule has 0 radical (unpaired) electrons. The molecule has 0 aliphatic heterocycles. The molecule has 0 saturated heterocycles. The van der Waals surface area contributed by atoms with Crippen molar-refractivity contribution in [2.75, 3.05) is 0 Å². The van der Waals surface area contributed by atoms with E-state index in [-0.39, 0.29) is 22.3 Å². The highest BCUT2D eigenvalue weighted by molar-refractivity contribution is 6.04. The highest BCUT2D eigenvalue weighted by Gasteiger charge is 2.30. The number of carboxylic acid groups (broad SMARTS) is 1. The van der Waals surface area contributed by atoms with Crippen LogP contribution in [-0.4, -0.2) is 37.0 Å². The smallest absolute Gasteiger partial charge is 0.406 e. The lowest BCUT2D eigenvalue weighted by molar-refractivity contribution is -0.140. The van der Waals surface area contributed by atoms with Crippen molar-refractivity contribution in [3.05, 3.63) is 58.1 Å². The lowest BCUT2D eigenvalue weighted by Crippen LogP contribution is -2.28. The van der Waals surface area contributed by atoms with Crippen LogP contribution in [0.2, 0.25) is 0 Å². The molecular formula is C19H13F3N4O3. The summed E-state index contributed by atoms with van der Waals surface area (Å²) in [5, 5.41) is 16.1. The largest absolute Gasteiger partial charge is 0.477 e. The van der Waals surface area contributed by atoms with Crippen molar-refractivity contribution in [1.82, 2.24) is 19.7 Å². The molecule has 4 aromatic rings. The molecule has 0 amide bonds. The van der Waals surface area contributed by atoms with Crippen molar-refractivity contribution in [1.29, 1.82) is 0 Å². The van der Waals surface area contributed by atoms with Gasteiger partial charge in [0.2, 0.25) is 0 Å². The first-order chi connectivity index (χ1) is 13.7. The second-order valence-corrected chi connectivity index (χ2v) is 6.56. The summed E-state index contributed by atoms with van der Waals surface area (Å²) in [4.78, 5) is 28.1. The van der Waals surface area contributed by atoms with E-state index in [9.17, 15) is 27.9 Å². The molecule has 0 unspecified atom stereocenters. The zero-order chi connectivity index (χ0) is 20.9. The van der Waals surface area contributed by atoms with Gasteiger partial charge in [-0.3, -0.25) is 14.5 Å². The van der Waals surface area contributed by atoms with E-state index in [4.69, 9.17) is 0 Å². The molecule has 0 bridgehead atoms. The molecule has 0 spiro atoms. The van der Waals surface area contributed by atoms with Gasteiger partial charge in [-0.25, -0.2) is 9.78 Å². The quantitative estimate of drug-likeness (QED) is 0.546. The van der Waals surface area contributed by atoms with Crippen LogP contribution >= 0.6 is 0 Å². The zero-order valence-electron chi connectivity index (χ0n) is 14.9. The van der Waals surface area contributed by atoms with Crippen LogP contribution < -0.4 is 5.56 Å². The summed E-state index contributed by atoms with van der Waals surface area (Å²) >= 11 is 0. The van der Waals surface area contributed by atoms with E-state index >= 15 is 0 Å². The normalized spacial score (nSPS) is 12.0. The van der Waals surface area contributed by atoms with Gasteiger partial charge in [-0.2, -0.15) is 18.3 Å². The van der Waals surface area contributed by atoms with Gasteiger partial charge in [0.15, 0.2) is 5.69 Å². The van der Waals surface area contributed by atoms with Crippen LogP contribution in [0.4, 0.5) is 13.2 Å². The van der Waals surface area contributed by atoms with Gasteiger partial charge in [-0.1, -0.05) is 18.2 Å². The third kappa shape index (κ3) is 3.22. The second kappa shape index (κ2) is 6.43. The Morgan fingerprint density at radius 3 is 2.66 bits per heavy atom. The summed E-state index contributed by atoms with van der Waals surface area (Å²) in [5.74, 6) is -1.21. The van der Waals surface area contributed by atoms with Crippen LogP contribution in [0.1, 0.15) is 16.1 Å². The number of aryl methyl sites for hydroxylation is 1. The first-order valence-corrected chi connectivity index (χ1v) is 8.43. The number of nitrogens with one attached hydrogen (secondary N) is 1. The fraction of sp³-hybridized carbons (Fsp3) is 0.158. The second-order valence-electron chi connectivity index (χ2n) is 6.56.